The van der Waals surface area contributed by atoms with Crippen molar-refractivity contribution in [3.05, 3.63) is 84.2 Å². The van der Waals surface area contributed by atoms with Crippen molar-refractivity contribution >= 4 is 28.9 Å². The molecule has 10 heteroatoms. The fourth-order valence-corrected chi connectivity index (χ4v) is 2.63. The van der Waals surface area contributed by atoms with Gasteiger partial charge in [-0.05, 0) is 25.1 Å². The number of hydrogen-bond donors (Lipinski definition) is 1. The van der Waals surface area contributed by atoms with Crippen molar-refractivity contribution in [3.8, 4) is 11.5 Å². The molecule has 136 valence electrons. The van der Waals surface area contributed by atoms with E-state index in [-0.39, 0.29) is 39.3 Å². The minimum absolute atomic E-state index is 0.0471. The van der Waals surface area contributed by atoms with Gasteiger partial charge in [0, 0.05) is 11.1 Å². The number of hydrogen-bond acceptors (Lipinski definition) is 5. The Hall–Kier alpha value is -3.15. The molecular formula is C17H11Cl2N5O3. The molecular weight excluding hydrogens is 393 g/mol. The van der Waals surface area contributed by atoms with Crippen LogP contribution in [0.15, 0.2) is 40.2 Å². The van der Waals surface area contributed by atoms with Gasteiger partial charge in [0.25, 0.3) is 11.1 Å². The Bertz CT molecular complexity index is 1160. The number of nitrogens with zero attached hydrogens (tertiary/aromatic N) is 4. The highest BCUT2D eigenvalue weighted by molar-refractivity contribution is 6.36. The number of nitrogens with one attached hydrogen (secondary N) is 1. The van der Waals surface area contributed by atoms with E-state index in [0.717, 1.165) is 0 Å². The first-order valence-corrected chi connectivity index (χ1v) is 8.29. The highest BCUT2D eigenvalue weighted by Crippen LogP contribution is 2.39. The first kappa shape index (κ1) is 18.6. The molecule has 0 amide bonds. The van der Waals surface area contributed by atoms with Crippen molar-refractivity contribution in [2.75, 3.05) is 0 Å². The van der Waals surface area contributed by atoms with Crippen molar-refractivity contribution in [2.24, 2.45) is 0 Å². The molecule has 2 heterocycles. The minimum Gasteiger partial charge on any atom is -0.449 e. The fourth-order valence-electron chi connectivity index (χ4n) is 2.23. The molecule has 3 rings (SSSR count). The summed E-state index contributed by atoms with van der Waals surface area (Å²) < 4.78 is 6.93. The average molecular weight is 404 g/mol. The van der Waals surface area contributed by atoms with E-state index in [1.54, 1.807) is 6.92 Å². The second-order valence-corrected chi connectivity index (χ2v) is 6.27. The fraction of sp³-hybridized carbons (Fsp3) is 0.118. The first-order chi connectivity index (χ1) is 12.9. The second kappa shape index (κ2) is 7.61. The van der Waals surface area contributed by atoms with Gasteiger partial charge in [-0.2, -0.15) is 5.10 Å². The van der Waals surface area contributed by atoms with Crippen molar-refractivity contribution in [2.45, 2.75) is 13.5 Å². The Morgan fingerprint density at radius 1 is 1.30 bits per heavy atom. The van der Waals surface area contributed by atoms with E-state index in [1.165, 1.54) is 35.2 Å². The van der Waals surface area contributed by atoms with Crippen LogP contribution in [0.1, 0.15) is 11.4 Å². The van der Waals surface area contributed by atoms with Crippen molar-refractivity contribution in [1.82, 2.24) is 19.7 Å². The molecule has 2 aromatic heterocycles. The number of rotatable bonds is 4. The summed E-state index contributed by atoms with van der Waals surface area (Å²) in [4.78, 5) is 31.3. The summed E-state index contributed by atoms with van der Waals surface area (Å²) in [5.74, 6) is 0.0269. The summed E-state index contributed by atoms with van der Waals surface area (Å²) >= 11 is 12.1. The zero-order valence-electron chi connectivity index (χ0n) is 13.9. The number of benzene rings is 1. The molecule has 3 aromatic rings. The van der Waals surface area contributed by atoms with E-state index in [9.17, 15) is 9.59 Å². The van der Waals surface area contributed by atoms with Gasteiger partial charge in [0.1, 0.15) is 5.75 Å². The predicted octanol–water partition coefficient (Wildman–Crippen LogP) is 3.33. The molecule has 27 heavy (non-hydrogen) atoms. The van der Waals surface area contributed by atoms with Gasteiger partial charge < -0.3 is 4.74 Å². The third-order valence-electron chi connectivity index (χ3n) is 3.56. The van der Waals surface area contributed by atoms with Gasteiger partial charge >= 0.3 is 0 Å². The Morgan fingerprint density at radius 2 is 2.07 bits per heavy atom. The highest BCUT2D eigenvalue weighted by atomic mass is 35.5. The lowest BCUT2D eigenvalue weighted by atomic mass is 10.3. The summed E-state index contributed by atoms with van der Waals surface area (Å²) in [6, 6.07) is 5.63. The van der Waals surface area contributed by atoms with Gasteiger partial charge in [-0.15, -0.1) is 0 Å². The molecule has 0 radical (unpaired) electrons. The first-order valence-electron chi connectivity index (χ1n) is 7.54. The zero-order valence-corrected chi connectivity index (χ0v) is 15.4. The Morgan fingerprint density at radius 3 is 2.74 bits per heavy atom. The lowest BCUT2D eigenvalue weighted by molar-refractivity contribution is 0.458. The number of H-pyrrole nitrogens is 1. The highest BCUT2D eigenvalue weighted by Gasteiger charge is 2.16. The summed E-state index contributed by atoms with van der Waals surface area (Å²) in [5, 5.41) is 6.46. The third kappa shape index (κ3) is 4.00. The largest absolute Gasteiger partial charge is 0.449 e. The molecule has 1 N–H and O–H groups in total. The maximum absolute atomic E-state index is 12.8. The van der Waals surface area contributed by atoms with E-state index >= 15 is 0 Å². The van der Waals surface area contributed by atoms with Crippen molar-refractivity contribution < 1.29 is 4.74 Å². The number of halogens is 2. The van der Waals surface area contributed by atoms with E-state index in [0.29, 0.717) is 11.4 Å². The van der Waals surface area contributed by atoms with Crippen LogP contribution in [0, 0.1) is 13.5 Å². The lowest BCUT2D eigenvalue weighted by Crippen LogP contribution is -2.24. The molecule has 0 aliphatic heterocycles. The van der Waals surface area contributed by atoms with E-state index in [4.69, 9.17) is 34.5 Å². The number of ether oxygens (including phenoxy) is 1. The molecule has 8 nitrogen and oxygen atoms in total. The van der Waals surface area contributed by atoms with Crippen LogP contribution in [0.3, 0.4) is 0 Å². The van der Waals surface area contributed by atoms with Crippen LogP contribution in [-0.4, -0.2) is 19.7 Å². The quantitative estimate of drug-likeness (QED) is 0.674. The summed E-state index contributed by atoms with van der Waals surface area (Å²) in [6.45, 7) is 8.82. The maximum atomic E-state index is 12.8. The average Bonchev–Trinajstić information content (AvgIpc) is 2.65. The van der Waals surface area contributed by atoms with E-state index in [1.807, 2.05) is 0 Å². The Labute approximate surface area is 162 Å². The van der Waals surface area contributed by atoms with Crippen molar-refractivity contribution in [1.29, 1.82) is 0 Å². The number of aromatic nitrogens is 4. The van der Waals surface area contributed by atoms with Crippen LogP contribution >= 0.6 is 23.2 Å². The van der Waals surface area contributed by atoms with Crippen LogP contribution < -0.4 is 15.9 Å². The molecule has 0 aliphatic rings. The lowest BCUT2D eigenvalue weighted by Gasteiger charge is -2.12. The van der Waals surface area contributed by atoms with Gasteiger partial charge in [0.05, 0.1) is 35.9 Å². The molecule has 0 unspecified atom stereocenters. The van der Waals surface area contributed by atoms with Crippen LogP contribution in [0.25, 0.3) is 4.85 Å². The molecule has 1 aromatic carbocycles. The van der Waals surface area contributed by atoms with Crippen molar-refractivity contribution in [3.63, 3.8) is 0 Å². The number of aromatic amines is 1. The molecule has 0 saturated carbocycles. The van der Waals surface area contributed by atoms with E-state index in [2.05, 4.69) is 20.0 Å². The van der Waals surface area contributed by atoms with Gasteiger partial charge in [0.2, 0.25) is 11.4 Å². The molecule has 0 aliphatic carbocycles. The standard InChI is InChI=1S/C17H11Cl2N5O3/c1-9-16(27-13-6-10(18)5-12(20-2)15(13)19)17(26)24(8-21-9)7-11-3-4-14(25)23-22-11/h3-6,8H,7H2,1H3,(H,23,25). The van der Waals surface area contributed by atoms with Crippen LogP contribution in [0.2, 0.25) is 10.0 Å². The van der Waals surface area contributed by atoms with Crippen LogP contribution in [0.4, 0.5) is 5.69 Å². The Kier molecular flexibility index (Phi) is 5.26. The molecule has 0 atom stereocenters. The monoisotopic (exact) mass is 403 g/mol. The van der Waals surface area contributed by atoms with Crippen LogP contribution in [0.5, 0.6) is 11.5 Å². The predicted molar refractivity (Wildman–Crippen MR) is 100.0 cm³/mol. The molecule has 0 spiro atoms. The van der Waals surface area contributed by atoms with Crippen LogP contribution in [-0.2, 0) is 6.54 Å². The Balaban J connectivity index is 2.01. The zero-order chi connectivity index (χ0) is 19.6. The minimum atomic E-state index is -0.476. The SMILES string of the molecule is [C-]#[N+]c1cc(Cl)cc(Oc2c(C)ncn(Cc3ccc(=O)[nH]n3)c2=O)c1Cl. The van der Waals surface area contributed by atoms with Gasteiger partial charge in [-0.3, -0.25) is 14.2 Å². The third-order valence-corrected chi connectivity index (χ3v) is 4.16. The van der Waals surface area contributed by atoms with Gasteiger partial charge in [0.15, 0.2) is 0 Å². The summed E-state index contributed by atoms with van der Waals surface area (Å²) in [6.07, 6.45) is 1.35. The normalized spacial score (nSPS) is 10.4. The summed E-state index contributed by atoms with van der Waals surface area (Å²) in [5.41, 5.74) is 0.0909. The van der Waals surface area contributed by atoms with Gasteiger partial charge in [-0.25, -0.2) is 14.9 Å². The molecule has 0 fully saturated rings. The molecule has 0 saturated heterocycles. The van der Waals surface area contributed by atoms with Gasteiger partial charge in [-0.1, -0.05) is 23.2 Å². The maximum Gasteiger partial charge on any atom is 0.296 e. The molecule has 0 bridgehead atoms. The van der Waals surface area contributed by atoms with E-state index < -0.39 is 5.56 Å². The summed E-state index contributed by atoms with van der Waals surface area (Å²) in [7, 11) is 0. The topological polar surface area (TPSA) is 94.2 Å². The number of aryl methyl sites for hydroxylation is 1. The second-order valence-electron chi connectivity index (χ2n) is 5.46. The smallest absolute Gasteiger partial charge is 0.296 e.